The molecule has 2 aromatic carbocycles. The molecule has 0 fully saturated rings. The molecule has 2 aliphatic heterocycles. The summed E-state index contributed by atoms with van der Waals surface area (Å²) in [7, 11) is 0. The van der Waals surface area contributed by atoms with E-state index in [2.05, 4.69) is 62.4 Å². The second-order valence-electron chi connectivity index (χ2n) is 6.22. The zero-order valence-corrected chi connectivity index (χ0v) is 11.9. The number of hydroxylamine groups is 2. The standard InChI is InChI=1S/C18H19NO/c1-12-14-8-4-3-7-13(14)11-17-15-9-5-6-10-16(15)18(12,2)19(17)20/h3-10,12,17,20H,11H2,1-2H3. The summed E-state index contributed by atoms with van der Waals surface area (Å²) < 4.78 is 0. The van der Waals surface area contributed by atoms with E-state index < -0.39 is 0 Å². The fourth-order valence-corrected chi connectivity index (χ4v) is 4.11. The van der Waals surface area contributed by atoms with E-state index in [0.29, 0.717) is 0 Å². The monoisotopic (exact) mass is 265 g/mol. The Morgan fingerprint density at radius 3 is 2.50 bits per heavy atom. The summed E-state index contributed by atoms with van der Waals surface area (Å²) >= 11 is 0. The van der Waals surface area contributed by atoms with E-state index in [0.717, 1.165) is 6.42 Å². The van der Waals surface area contributed by atoms with E-state index >= 15 is 0 Å². The topological polar surface area (TPSA) is 23.5 Å². The molecule has 0 radical (unpaired) electrons. The van der Waals surface area contributed by atoms with Crippen molar-refractivity contribution in [3.8, 4) is 0 Å². The van der Waals surface area contributed by atoms with Crippen LogP contribution < -0.4 is 0 Å². The molecule has 0 spiro atoms. The highest BCUT2D eigenvalue weighted by Gasteiger charge is 2.52. The number of benzene rings is 2. The first-order valence-electron chi connectivity index (χ1n) is 7.29. The molecule has 4 rings (SSSR count). The van der Waals surface area contributed by atoms with Gasteiger partial charge in [0.15, 0.2) is 0 Å². The maximum Gasteiger partial charge on any atom is 0.0756 e. The van der Waals surface area contributed by atoms with Crippen LogP contribution in [0.15, 0.2) is 48.5 Å². The molecule has 2 aliphatic rings. The highest BCUT2D eigenvalue weighted by Crippen LogP contribution is 2.55. The Balaban J connectivity index is 2.01. The van der Waals surface area contributed by atoms with Gasteiger partial charge in [0, 0.05) is 5.92 Å². The van der Waals surface area contributed by atoms with E-state index in [1.807, 2.05) is 0 Å². The Kier molecular flexibility index (Phi) is 2.39. The van der Waals surface area contributed by atoms with Gasteiger partial charge in [0.05, 0.1) is 11.6 Å². The zero-order chi connectivity index (χ0) is 13.9. The summed E-state index contributed by atoms with van der Waals surface area (Å²) in [5, 5.41) is 12.4. The first kappa shape index (κ1) is 12.1. The summed E-state index contributed by atoms with van der Waals surface area (Å²) in [6, 6.07) is 17.2. The largest absolute Gasteiger partial charge is 0.313 e. The van der Waals surface area contributed by atoms with Crippen LogP contribution in [-0.4, -0.2) is 10.3 Å². The molecule has 3 atom stereocenters. The van der Waals surface area contributed by atoms with Crippen LogP contribution in [0.25, 0.3) is 0 Å². The second kappa shape index (κ2) is 3.94. The summed E-state index contributed by atoms with van der Waals surface area (Å²) in [6.07, 6.45) is 0.879. The molecule has 2 nitrogen and oxygen atoms in total. The number of fused-ring (bicyclic) bond motifs is 6. The van der Waals surface area contributed by atoms with E-state index in [9.17, 15) is 5.21 Å². The van der Waals surface area contributed by atoms with Gasteiger partial charge in [-0.3, -0.25) is 0 Å². The lowest BCUT2D eigenvalue weighted by Gasteiger charge is -2.37. The van der Waals surface area contributed by atoms with Gasteiger partial charge in [-0.2, -0.15) is 5.06 Å². The number of hydrogen-bond acceptors (Lipinski definition) is 2. The summed E-state index contributed by atoms with van der Waals surface area (Å²) in [4.78, 5) is 0. The lowest BCUT2D eigenvalue weighted by Crippen LogP contribution is -2.40. The Labute approximate surface area is 119 Å². The van der Waals surface area contributed by atoms with Crippen LogP contribution in [0.4, 0.5) is 0 Å². The van der Waals surface area contributed by atoms with Crippen LogP contribution in [0.2, 0.25) is 0 Å². The number of hydrogen-bond donors (Lipinski definition) is 1. The molecule has 102 valence electrons. The van der Waals surface area contributed by atoms with E-state index in [1.54, 1.807) is 5.06 Å². The number of rotatable bonds is 0. The minimum Gasteiger partial charge on any atom is -0.313 e. The van der Waals surface area contributed by atoms with Crippen LogP contribution in [0, 0.1) is 0 Å². The van der Waals surface area contributed by atoms with Gasteiger partial charge in [0.25, 0.3) is 0 Å². The molecule has 20 heavy (non-hydrogen) atoms. The van der Waals surface area contributed by atoms with Crippen molar-refractivity contribution < 1.29 is 5.21 Å². The van der Waals surface area contributed by atoms with Crippen molar-refractivity contribution in [3.05, 3.63) is 70.8 Å². The number of nitrogens with zero attached hydrogens (tertiary/aromatic N) is 1. The molecule has 1 N–H and O–H groups in total. The van der Waals surface area contributed by atoms with E-state index in [4.69, 9.17) is 0 Å². The quantitative estimate of drug-likeness (QED) is 0.778. The Bertz CT molecular complexity index is 681. The molecule has 2 heterocycles. The molecule has 3 unspecified atom stereocenters. The smallest absolute Gasteiger partial charge is 0.0756 e. The molecular weight excluding hydrogens is 246 g/mol. The fourth-order valence-electron chi connectivity index (χ4n) is 4.11. The Hall–Kier alpha value is -1.64. The van der Waals surface area contributed by atoms with Crippen LogP contribution in [0.1, 0.15) is 48.1 Å². The molecule has 0 aromatic heterocycles. The minimum absolute atomic E-state index is 0.0716. The normalized spacial score (nSPS) is 31.6. The minimum atomic E-state index is -0.339. The SMILES string of the molecule is CC1c2ccccc2CC2c3ccccc3C1(C)N2O. The van der Waals surface area contributed by atoms with Gasteiger partial charge in [-0.25, -0.2) is 0 Å². The maximum atomic E-state index is 10.8. The third kappa shape index (κ3) is 1.31. The Morgan fingerprint density at radius 1 is 1.05 bits per heavy atom. The van der Waals surface area contributed by atoms with Gasteiger partial charge in [-0.1, -0.05) is 55.5 Å². The van der Waals surface area contributed by atoms with Crippen LogP contribution in [-0.2, 0) is 12.0 Å². The molecular formula is C18H19NO. The van der Waals surface area contributed by atoms with Gasteiger partial charge in [-0.15, -0.1) is 0 Å². The predicted molar refractivity (Wildman–Crippen MR) is 78.7 cm³/mol. The zero-order valence-electron chi connectivity index (χ0n) is 11.9. The van der Waals surface area contributed by atoms with Gasteiger partial charge >= 0.3 is 0 Å². The van der Waals surface area contributed by atoms with Crippen LogP contribution >= 0.6 is 0 Å². The van der Waals surface area contributed by atoms with Crippen molar-refractivity contribution >= 4 is 0 Å². The highest BCUT2D eigenvalue weighted by molar-refractivity contribution is 5.48. The van der Waals surface area contributed by atoms with Crippen molar-refractivity contribution in [3.63, 3.8) is 0 Å². The highest BCUT2D eigenvalue weighted by atomic mass is 16.5. The lowest BCUT2D eigenvalue weighted by molar-refractivity contribution is -0.195. The average molecular weight is 265 g/mol. The summed E-state index contributed by atoms with van der Waals surface area (Å²) in [5.74, 6) is 0.261. The van der Waals surface area contributed by atoms with Crippen LogP contribution in [0.5, 0.6) is 0 Å². The van der Waals surface area contributed by atoms with E-state index in [1.165, 1.54) is 22.3 Å². The molecule has 0 aliphatic carbocycles. The third-order valence-corrected chi connectivity index (χ3v) is 5.41. The maximum absolute atomic E-state index is 10.8. The third-order valence-electron chi connectivity index (χ3n) is 5.41. The van der Waals surface area contributed by atoms with E-state index in [-0.39, 0.29) is 17.5 Å². The van der Waals surface area contributed by atoms with Gasteiger partial charge in [0.1, 0.15) is 0 Å². The van der Waals surface area contributed by atoms with Crippen LogP contribution in [0.3, 0.4) is 0 Å². The fraction of sp³-hybridized carbons (Fsp3) is 0.333. The first-order valence-corrected chi connectivity index (χ1v) is 7.29. The molecule has 2 heteroatoms. The van der Waals surface area contributed by atoms with Crippen molar-refractivity contribution in [2.24, 2.45) is 0 Å². The van der Waals surface area contributed by atoms with Gasteiger partial charge in [0.2, 0.25) is 0 Å². The van der Waals surface area contributed by atoms with Crippen molar-refractivity contribution in [1.29, 1.82) is 0 Å². The Morgan fingerprint density at radius 2 is 1.70 bits per heavy atom. The van der Waals surface area contributed by atoms with Gasteiger partial charge < -0.3 is 5.21 Å². The van der Waals surface area contributed by atoms with Crippen molar-refractivity contribution in [2.75, 3.05) is 0 Å². The molecule has 2 aromatic rings. The molecule has 0 saturated heterocycles. The average Bonchev–Trinajstić information content (AvgIpc) is 2.65. The summed E-state index contributed by atoms with van der Waals surface area (Å²) in [5.41, 5.74) is 4.94. The van der Waals surface area contributed by atoms with Crippen molar-refractivity contribution in [1.82, 2.24) is 5.06 Å². The van der Waals surface area contributed by atoms with Gasteiger partial charge in [-0.05, 0) is 35.6 Å². The molecule has 2 bridgehead atoms. The predicted octanol–water partition coefficient (Wildman–Crippen LogP) is 4.01. The lowest BCUT2D eigenvalue weighted by atomic mass is 9.75. The summed E-state index contributed by atoms with van der Waals surface area (Å²) in [6.45, 7) is 4.39. The van der Waals surface area contributed by atoms with Crippen molar-refractivity contribution in [2.45, 2.75) is 37.8 Å². The second-order valence-corrected chi connectivity index (χ2v) is 6.22. The first-order chi connectivity index (χ1) is 9.64. The molecule has 0 saturated carbocycles. The molecule has 0 amide bonds.